The number of aromatic nitrogens is 2. The van der Waals surface area contributed by atoms with Crippen LogP contribution < -0.4 is 15.0 Å². The first kappa shape index (κ1) is 19.0. The van der Waals surface area contributed by atoms with Crippen molar-refractivity contribution in [2.24, 2.45) is 5.92 Å². The van der Waals surface area contributed by atoms with E-state index in [1.54, 1.807) is 32.0 Å². The van der Waals surface area contributed by atoms with Gasteiger partial charge in [-0.1, -0.05) is 6.07 Å². The number of nitrogens with one attached hydrogen (secondary N) is 2. The third-order valence-electron chi connectivity index (χ3n) is 5.05. The zero-order valence-corrected chi connectivity index (χ0v) is 15.8. The molecule has 0 amide bonds. The van der Waals surface area contributed by atoms with E-state index in [1.165, 1.54) is 14.2 Å². The molecule has 8 nitrogen and oxygen atoms in total. The number of aromatic amines is 2. The molecule has 0 saturated heterocycles. The molecule has 8 heteroatoms. The Kier molecular flexibility index (Phi) is 5.01. The van der Waals surface area contributed by atoms with Crippen LogP contribution in [0.1, 0.15) is 36.6 Å². The average molecular weight is 376 g/mol. The van der Waals surface area contributed by atoms with Crippen molar-refractivity contribution in [1.82, 2.24) is 10.2 Å². The maximum Gasteiger partial charge on any atom is 0.312 e. The maximum atomic E-state index is 12.8. The van der Waals surface area contributed by atoms with Gasteiger partial charge in [-0.15, -0.1) is 0 Å². The van der Waals surface area contributed by atoms with Gasteiger partial charge in [-0.2, -0.15) is 0 Å². The zero-order chi connectivity index (χ0) is 19.8. The van der Waals surface area contributed by atoms with E-state index in [0.29, 0.717) is 28.3 Å². The number of H-pyrrole nitrogens is 2. The molecular formula is C19H24N2O6. The highest BCUT2D eigenvalue weighted by Gasteiger charge is 2.51. The molecule has 3 N–H and O–H groups in total. The number of fused-ring (bicyclic) bond motifs is 1. The van der Waals surface area contributed by atoms with Crippen molar-refractivity contribution in [2.75, 3.05) is 20.8 Å². The summed E-state index contributed by atoms with van der Waals surface area (Å²) in [7, 11) is 3.04. The van der Waals surface area contributed by atoms with Crippen LogP contribution in [-0.4, -0.2) is 47.7 Å². The summed E-state index contributed by atoms with van der Waals surface area (Å²) in [5.74, 6) is -1.19. The molecule has 1 aromatic carbocycles. The molecule has 1 aromatic heterocycles. The minimum atomic E-state index is -1.40. The molecule has 2 aromatic rings. The highest BCUT2D eigenvalue weighted by Crippen LogP contribution is 2.46. The fraction of sp³-hybridized carbons (Fsp3) is 0.474. The lowest BCUT2D eigenvalue weighted by Gasteiger charge is -2.40. The second-order valence-corrected chi connectivity index (χ2v) is 6.83. The number of ether oxygens (including phenoxy) is 3. The van der Waals surface area contributed by atoms with Gasteiger partial charge >= 0.3 is 5.97 Å². The Morgan fingerprint density at radius 1 is 1.26 bits per heavy atom. The van der Waals surface area contributed by atoms with E-state index in [0.717, 1.165) is 0 Å². The van der Waals surface area contributed by atoms with E-state index in [4.69, 9.17) is 14.2 Å². The summed E-state index contributed by atoms with van der Waals surface area (Å²) in [6, 6.07) is 5.18. The number of methoxy groups -OCH3 is 2. The summed E-state index contributed by atoms with van der Waals surface area (Å²) < 4.78 is 15.9. The zero-order valence-electron chi connectivity index (χ0n) is 15.8. The summed E-state index contributed by atoms with van der Waals surface area (Å²) in [6.07, 6.45) is 0.133. The highest BCUT2D eigenvalue weighted by molar-refractivity contribution is 5.77. The molecule has 3 rings (SSSR count). The largest absolute Gasteiger partial charge is 0.493 e. The van der Waals surface area contributed by atoms with E-state index < -0.39 is 23.4 Å². The van der Waals surface area contributed by atoms with E-state index in [9.17, 15) is 14.7 Å². The Labute approximate surface area is 156 Å². The standard InChI is InChI=1S/C19H24N2O6/c1-5-27-18(23)16-14(10-6-7-12(25-3)13(8-10)26-4)15-11(9-19(16,2)24)20-21-17(15)22/h6-8,14,16,24H,5,9H2,1-4H3,(H2,20,21,22)/t14-,16-,19+/m0/s1. The van der Waals surface area contributed by atoms with Gasteiger partial charge in [0.2, 0.25) is 0 Å². The quantitative estimate of drug-likeness (QED) is 0.679. The molecule has 0 unspecified atom stereocenters. The van der Waals surface area contributed by atoms with Crippen LogP contribution in [0.5, 0.6) is 11.5 Å². The minimum absolute atomic E-state index is 0.133. The van der Waals surface area contributed by atoms with E-state index in [2.05, 4.69) is 10.2 Å². The minimum Gasteiger partial charge on any atom is -0.493 e. The Balaban J connectivity index is 2.22. The van der Waals surface area contributed by atoms with Crippen LogP contribution in [0.4, 0.5) is 0 Å². The lowest BCUT2D eigenvalue weighted by molar-refractivity contribution is -0.159. The number of carbonyl (C=O) groups excluding carboxylic acids is 1. The topological polar surface area (TPSA) is 114 Å². The lowest BCUT2D eigenvalue weighted by atomic mass is 9.66. The average Bonchev–Trinajstić information content (AvgIpc) is 2.99. The summed E-state index contributed by atoms with van der Waals surface area (Å²) >= 11 is 0. The molecule has 0 radical (unpaired) electrons. The van der Waals surface area contributed by atoms with Crippen molar-refractivity contribution >= 4 is 5.97 Å². The number of hydrogen-bond acceptors (Lipinski definition) is 6. The van der Waals surface area contributed by atoms with Crippen molar-refractivity contribution < 1.29 is 24.1 Å². The van der Waals surface area contributed by atoms with Crippen molar-refractivity contribution in [3.05, 3.63) is 45.4 Å². The third-order valence-corrected chi connectivity index (χ3v) is 5.05. The second kappa shape index (κ2) is 7.11. The van der Waals surface area contributed by atoms with Crippen molar-refractivity contribution in [3.8, 4) is 11.5 Å². The van der Waals surface area contributed by atoms with E-state index in [1.807, 2.05) is 0 Å². The van der Waals surface area contributed by atoms with Gasteiger partial charge in [0.1, 0.15) is 0 Å². The van der Waals surface area contributed by atoms with Crippen LogP contribution in [-0.2, 0) is 16.0 Å². The molecule has 0 saturated carbocycles. The fourth-order valence-corrected chi connectivity index (χ4v) is 3.89. The molecule has 27 heavy (non-hydrogen) atoms. The molecule has 1 aliphatic rings. The predicted molar refractivity (Wildman–Crippen MR) is 97.3 cm³/mol. The van der Waals surface area contributed by atoms with Gasteiger partial charge in [0.15, 0.2) is 11.5 Å². The van der Waals surface area contributed by atoms with Crippen LogP contribution in [0.25, 0.3) is 0 Å². The molecule has 3 atom stereocenters. The van der Waals surface area contributed by atoms with Crippen LogP contribution in [0.3, 0.4) is 0 Å². The molecule has 146 valence electrons. The van der Waals surface area contributed by atoms with Gasteiger partial charge in [-0.3, -0.25) is 14.7 Å². The van der Waals surface area contributed by atoms with Crippen LogP contribution >= 0.6 is 0 Å². The Morgan fingerprint density at radius 2 is 1.96 bits per heavy atom. The number of rotatable bonds is 5. The molecule has 1 heterocycles. The summed E-state index contributed by atoms with van der Waals surface area (Å²) in [6.45, 7) is 3.46. The van der Waals surface area contributed by atoms with Gasteiger partial charge in [-0.25, -0.2) is 0 Å². The monoisotopic (exact) mass is 376 g/mol. The normalized spacial score (nSPS) is 24.2. The van der Waals surface area contributed by atoms with Crippen LogP contribution in [0.2, 0.25) is 0 Å². The third kappa shape index (κ3) is 3.21. The second-order valence-electron chi connectivity index (χ2n) is 6.83. The van der Waals surface area contributed by atoms with Crippen molar-refractivity contribution in [3.63, 3.8) is 0 Å². The number of benzene rings is 1. The fourth-order valence-electron chi connectivity index (χ4n) is 3.89. The molecule has 0 aliphatic heterocycles. The van der Waals surface area contributed by atoms with E-state index in [-0.39, 0.29) is 18.6 Å². The smallest absolute Gasteiger partial charge is 0.312 e. The summed E-state index contributed by atoms with van der Waals surface area (Å²) in [4.78, 5) is 25.2. The Morgan fingerprint density at radius 3 is 2.59 bits per heavy atom. The predicted octanol–water partition coefficient (Wildman–Crippen LogP) is 1.34. The number of esters is 1. The molecule has 0 spiro atoms. The molecule has 0 fully saturated rings. The van der Waals surface area contributed by atoms with Gasteiger partial charge in [-0.05, 0) is 31.5 Å². The van der Waals surface area contributed by atoms with Crippen molar-refractivity contribution in [1.29, 1.82) is 0 Å². The first-order chi connectivity index (χ1) is 12.8. The first-order valence-electron chi connectivity index (χ1n) is 8.74. The molecular weight excluding hydrogens is 352 g/mol. The highest BCUT2D eigenvalue weighted by atomic mass is 16.5. The maximum absolute atomic E-state index is 12.8. The SMILES string of the molecule is CCOC(=O)[C@@H]1[C@@H](c2ccc(OC)c(OC)c2)c2c([nH][nH]c2=O)C[C@@]1(C)O. The summed E-state index contributed by atoms with van der Waals surface area (Å²) in [5.41, 5.74) is -0.0777. The van der Waals surface area contributed by atoms with Gasteiger partial charge in [0.05, 0.1) is 32.3 Å². The van der Waals surface area contributed by atoms with Crippen molar-refractivity contribution in [2.45, 2.75) is 31.8 Å². The number of carbonyl (C=O) groups is 1. The molecule has 1 aliphatic carbocycles. The van der Waals surface area contributed by atoms with Crippen LogP contribution in [0, 0.1) is 5.92 Å². The van der Waals surface area contributed by atoms with Gasteiger partial charge in [0, 0.05) is 23.6 Å². The Bertz CT molecular complexity index is 898. The van der Waals surface area contributed by atoms with Crippen LogP contribution in [0.15, 0.2) is 23.0 Å². The van der Waals surface area contributed by atoms with E-state index >= 15 is 0 Å². The van der Waals surface area contributed by atoms with Gasteiger partial charge < -0.3 is 24.4 Å². The van der Waals surface area contributed by atoms with Gasteiger partial charge in [0.25, 0.3) is 5.56 Å². The molecule has 0 bridgehead atoms. The number of aliphatic hydroxyl groups is 1. The Hall–Kier alpha value is -2.74. The first-order valence-corrected chi connectivity index (χ1v) is 8.74. The lowest BCUT2D eigenvalue weighted by Crippen LogP contribution is -2.50. The summed E-state index contributed by atoms with van der Waals surface area (Å²) in [5, 5.41) is 16.4. The number of hydrogen-bond donors (Lipinski definition) is 3.